The van der Waals surface area contributed by atoms with E-state index < -0.39 is 6.55 Å². The summed E-state index contributed by atoms with van der Waals surface area (Å²) >= 11 is 0. The molecule has 0 radical (unpaired) electrons. The number of halogens is 2. The lowest BCUT2D eigenvalue weighted by Crippen LogP contribution is -2.25. The minimum Gasteiger partial charge on any atom is -0.325 e. The number of carbonyl (C=O) groups excluding carboxylic acids is 1. The Kier molecular flexibility index (Phi) is 5.98. The molecule has 0 unspecified atom stereocenters. The van der Waals surface area contributed by atoms with Crippen LogP contribution in [0.3, 0.4) is 0 Å². The lowest BCUT2D eigenvalue weighted by Gasteiger charge is -2.17. The maximum atomic E-state index is 12.8. The number of para-hydroxylation sites is 1. The van der Waals surface area contributed by atoms with Crippen molar-refractivity contribution in [3.63, 3.8) is 0 Å². The van der Waals surface area contributed by atoms with Crippen molar-refractivity contribution in [2.24, 2.45) is 0 Å². The highest BCUT2D eigenvalue weighted by atomic mass is 19.3. The third-order valence-corrected chi connectivity index (χ3v) is 3.41. The molecule has 0 saturated carbocycles. The molecule has 0 spiro atoms. The number of amides is 1. The summed E-state index contributed by atoms with van der Waals surface area (Å²) < 4.78 is 26.3. The van der Waals surface area contributed by atoms with Gasteiger partial charge in [0.15, 0.2) is 0 Å². The number of hydrogen-bond donors (Lipinski definition) is 1. The summed E-state index contributed by atoms with van der Waals surface area (Å²) in [6.45, 7) is -2.06. The van der Waals surface area contributed by atoms with Gasteiger partial charge >= 0.3 is 6.55 Å². The van der Waals surface area contributed by atoms with E-state index in [0.717, 1.165) is 4.57 Å². The lowest BCUT2D eigenvalue weighted by molar-refractivity contribution is -0.116. The predicted octanol–water partition coefficient (Wildman–Crippen LogP) is 2.61. The van der Waals surface area contributed by atoms with Crippen LogP contribution in [0.1, 0.15) is 24.4 Å². The van der Waals surface area contributed by atoms with Gasteiger partial charge < -0.3 is 5.32 Å². The molecule has 1 aromatic carbocycles. The molecule has 0 atom stereocenters. The standard InChI is InChI=1S/C16H17F2N5O/c1-22(11-14-20-7-9-23(14)16(17)18)8-6-15(24)21-13-5-3-2-4-12(13)10-19/h2-5,7,9,16H,6,8,11H2,1H3,(H,21,24). The highest BCUT2D eigenvalue weighted by Gasteiger charge is 2.14. The summed E-state index contributed by atoms with van der Waals surface area (Å²) in [4.78, 5) is 17.6. The van der Waals surface area contributed by atoms with Crippen molar-refractivity contribution in [3.05, 3.63) is 48.0 Å². The fourth-order valence-electron chi connectivity index (χ4n) is 2.16. The van der Waals surface area contributed by atoms with E-state index in [1.807, 2.05) is 6.07 Å². The average molecular weight is 333 g/mol. The Morgan fingerprint density at radius 3 is 2.92 bits per heavy atom. The normalized spacial score (nSPS) is 10.8. The van der Waals surface area contributed by atoms with Crippen molar-refractivity contribution in [2.45, 2.75) is 19.5 Å². The average Bonchev–Trinajstić information content (AvgIpc) is 3.02. The van der Waals surface area contributed by atoms with Crippen molar-refractivity contribution >= 4 is 11.6 Å². The van der Waals surface area contributed by atoms with E-state index in [1.165, 1.54) is 12.4 Å². The van der Waals surface area contributed by atoms with E-state index in [1.54, 1.807) is 36.2 Å². The number of imidazole rings is 1. The molecule has 0 bridgehead atoms. The molecule has 6 nitrogen and oxygen atoms in total. The zero-order chi connectivity index (χ0) is 17.5. The number of alkyl halides is 2. The Hall–Kier alpha value is -2.79. The van der Waals surface area contributed by atoms with E-state index in [9.17, 15) is 13.6 Å². The van der Waals surface area contributed by atoms with Gasteiger partial charge in [-0.25, -0.2) is 4.98 Å². The SMILES string of the molecule is CN(CCC(=O)Nc1ccccc1C#N)Cc1nccn1C(F)F. The van der Waals surface area contributed by atoms with Gasteiger partial charge in [0, 0.05) is 25.4 Å². The second-order valence-corrected chi connectivity index (χ2v) is 5.22. The van der Waals surface area contributed by atoms with Crippen molar-refractivity contribution in [1.82, 2.24) is 14.5 Å². The first-order valence-corrected chi connectivity index (χ1v) is 7.28. The molecule has 0 aliphatic heterocycles. The third-order valence-electron chi connectivity index (χ3n) is 3.41. The first-order chi connectivity index (χ1) is 11.5. The second kappa shape index (κ2) is 8.17. The van der Waals surface area contributed by atoms with Crippen LogP contribution in [-0.2, 0) is 11.3 Å². The van der Waals surface area contributed by atoms with Gasteiger partial charge in [-0.1, -0.05) is 12.1 Å². The summed E-state index contributed by atoms with van der Waals surface area (Å²) in [5.74, 6) is -0.00974. The topological polar surface area (TPSA) is 74.0 Å². The highest BCUT2D eigenvalue weighted by molar-refractivity contribution is 5.92. The Morgan fingerprint density at radius 1 is 1.46 bits per heavy atom. The zero-order valence-electron chi connectivity index (χ0n) is 13.1. The van der Waals surface area contributed by atoms with Crippen LogP contribution in [0.5, 0.6) is 0 Å². The molecule has 1 heterocycles. The molecule has 1 aromatic heterocycles. The summed E-state index contributed by atoms with van der Waals surface area (Å²) in [5.41, 5.74) is 0.846. The molecule has 2 aromatic rings. The van der Waals surface area contributed by atoms with E-state index >= 15 is 0 Å². The van der Waals surface area contributed by atoms with Crippen LogP contribution in [0.4, 0.5) is 14.5 Å². The molecular formula is C16H17F2N5O. The zero-order valence-corrected chi connectivity index (χ0v) is 13.1. The number of nitrogens with zero attached hydrogens (tertiary/aromatic N) is 4. The van der Waals surface area contributed by atoms with Crippen LogP contribution in [-0.4, -0.2) is 34.0 Å². The summed E-state index contributed by atoms with van der Waals surface area (Å²) in [6.07, 6.45) is 2.71. The molecule has 0 fully saturated rings. The Labute approximate surface area is 138 Å². The van der Waals surface area contributed by atoms with Gasteiger partial charge in [-0.3, -0.25) is 14.3 Å². The van der Waals surface area contributed by atoms with Crippen LogP contribution in [0.25, 0.3) is 0 Å². The smallest absolute Gasteiger partial charge is 0.319 e. The molecule has 0 aliphatic carbocycles. The molecule has 2 rings (SSSR count). The quantitative estimate of drug-likeness (QED) is 0.845. The van der Waals surface area contributed by atoms with E-state index in [4.69, 9.17) is 5.26 Å². The van der Waals surface area contributed by atoms with Gasteiger partial charge in [-0.2, -0.15) is 14.0 Å². The maximum absolute atomic E-state index is 12.8. The van der Waals surface area contributed by atoms with Crippen LogP contribution >= 0.6 is 0 Å². The van der Waals surface area contributed by atoms with Gasteiger partial charge in [0.05, 0.1) is 17.8 Å². The van der Waals surface area contributed by atoms with E-state index in [2.05, 4.69) is 10.3 Å². The Bertz CT molecular complexity index is 738. The second-order valence-electron chi connectivity index (χ2n) is 5.22. The molecule has 126 valence electrons. The van der Waals surface area contributed by atoms with Gasteiger partial charge in [-0.15, -0.1) is 0 Å². The summed E-state index contributed by atoms with van der Waals surface area (Å²) in [7, 11) is 1.72. The molecule has 1 N–H and O–H groups in total. The Balaban J connectivity index is 1.85. The molecule has 0 saturated heterocycles. The first kappa shape index (κ1) is 17.6. The first-order valence-electron chi connectivity index (χ1n) is 7.28. The molecule has 0 aliphatic rings. The van der Waals surface area contributed by atoms with Crippen molar-refractivity contribution in [2.75, 3.05) is 18.9 Å². The number of aromatic nitrogens is 2. The monoisotopic (exact) mass is 333 g/mol. The fraction of sp³-hybridized carbons (Fsp3) is 0.312. The van der Waals surface area contributed by atoms with Crippen LogP contribution < -0.4 is 5.32 Å². The highest BCUT2D eigenvalue weighted by Crippen LogP contribution is 2.15. The number of hydrogen-bond acceptors (Lipinski definition) is 4. The summed E-state index contributed by atoms with van der Waals surface area (Å²) in [5, 5.41) is 11.7. The van der Waals surface area contributed by atoms with Crippen molar-refractivity contribution < 1.29 is 13.6 Å². The van der Waals surface area contributed by atoms with Gasteiger partial charge in [-0.05, 0) is 19.2 Å². The predicted molar refractivity (Wildman–Crippen MR) is 84.2 cm³/mol. The van der Waals surface area contributed by atoms with Gasteiger partial charge in [0.25, 0.3) is 0 Å². The van der Waals surface area contributed by atoms with E-state index in [-0.39, 0.29) is 24.7 Å². The molecule has 24 heavy (non-hydrogen) atoms. The number of nitriles is 1. The minimum atomic E-state index is -2.64. The number of rotatable bonds is 7. The number of carbonyl (C=O) groups is 1. The van der Waals surface area contributed by atoms with Crippen LogP contribution in [0.2, 0.25) is 0 Å². The number of nitrogens with one attached hydrogen (secondary N) is 1. The molecule has 8 heteroatoms. The lowest BCUT2D eigenvalue weighted by atomic mass is 10.2. The largest absolute Gasteiger partial charge is 0.325 e. The van der Waals surface area contributed by atoms with Gasteiger partial charge in [0.2, 0.25) is 5.91 Å². The van der Waals surface area contributed by atoms with Crippen LogP contribution in [0, 0.1) is 11.3 Å². The van der Waals surface area contributed by atoms with Crippen molar-refractivity contribution in [1.29, 1.82) is 5.26 Å². The van der Waals surface area contributed by atoms with E-state index in [0.29, 0.717) is 17.8 Å². The van der Waals surface area contributed by atoms with Crippen LogP contribution in [0.15, 0.2) is 36.7 Å². The van der Waals surface area contributed by atoms with Gasteiger partial charge in [0.1, 0.15) is 11.9 Å². The number of benzene rings is 1. The molecular weight excluding hydrogens is 316 g/mol. The third kappa shape index (κ3) is 4.60. The maximum Gasteiger partial charge on any atom is 0.319 e. The van der Waals surface area contributed by atoms with Crippen molar-refractivity contribution in [3.8, 4) is 6.07 Å². The number of anilines is 1. The molecule has 1 amide bonds. The fourth-order valence-corrected chi connectivity index (χ4v) is 2.16. The minimum absolute atomic E-state index is 0.172. The summed E-state index contributed by atoms with van der Waals surface area (Å²) in [6, 6.07) is 8.72. The Morgan fingerprint density at radius 2 is 2.21 bits per heavy atom.